The van der Waals surface area contributed by atoms with Crippen molar-refractivity contribution in [2.24, 2.45) is 5.73 Å². The molecular weight excluding hydrogens is 330 g/mol. The van der Waals surface area contributed by atoms with Gasteiger partial charge in [0.15, 0.2) is 5.78 Å². The number of aromatic amines is 1. The number of carbonyl (C=O) groups excluding carboxylic acids is 2. The molecule has 4 N–H and O–H groups in total. The first kappa shape index (κ1) is 19.7. The monoisotopic (exact) mass is 351 g/mol. The number of anilines is 1. The van der Waals surface area contributed by atoms with E-state index in [1.54, 1.807) is 38.1 Å². The van der Waals surface area contributed by atoms with E-state index in [2.05, 4.69) is 10.3 Å². The fraction of sp³-hybridized carbons (Fsp3) is 0.294. The molecule has 0 aliphatic heterocycles. The van der Waals surface area contributed by atoms with Crippen LogP contribution in [-0.4, -0.2) is 29.8 Å². The van der Waals surface area contributed by atoms with Crippen molar-refractivity contribution in [3.8, 4) is 5.75 Å². The molecule has 0 spiro atoms. The molecular formula is C17H22ClN3O3. The summed E-state index contributed by atoms with van der Waals surface area (Å²) >= 11 is 0. The minimum Gasteiger partial charge on any atom is -0.492 e. The summed E-state index contributed by atoms with van der Waals surface area (Å²) in [6.07, 6.45) is 0. The van der Waals surface area contributed by atoms with Gasteiger partial charge in [-0.3, -0.25) is 9.59 Å². The van der Waals surface area contributed by atoms with Gasteiger partial charge >= 0.3 is 0 Å². The smallest absolute Gasteiger partial charge is 0.272 e. The zero-order valence-electron chi connectivity index (χ0n) is 13.9. The molecule has 2 aromatic rings. The number of ketones is 1. The zero-order valence-corrected chi connectivity index (χ0v) is 14.8. The molecule has 7 heteroatoms. The zero-order chi connectivity index (χ0) is 17.0. The van der Waals surface area contributed by atoms with Crippen LogP contribution >= 0.6 is 12.4 Å². The molecule has 1 aromatic carbocycles. The van der Waals surface area contributed by atoms with E-state index in [0.717, 1.165) is 0 Å². The molecule has 0 bridgehead atoms. The van der Waals surface area contributed by atoms with Gasteiger partial charge in [-0.25, -0.2) is 0 Å². The van der Waals surface area contributed by atoms with Gasteiger partial charge < -0.3 is 20.8 Å². The van der Waals surface area contributed by atoms with Gasteiger partial charge in [-0.2, -0.15) is 0 Å². The lowest BCUT2D eigenvalue weighted by molar-refractivity contribution is 0.101. The predicted octanol–water partition coefficient (Wildman–Crippen LogP) is 2.85. The Hall–Kier alpha value is -2.31. The van der Waals surface area contributed by atoms with E-state index < -0.39 is 0 Å². The number of aryl methyl sites for hydroxylation is 1. The number of Topliss-reactive ketones (excluding diaryl/α,β-unsaturated/α-hetero) is 1. The fourth-order valence-corrected chi connectivity index (χ4v) is 2.51. The van der Waals surface area contributed by atoms with Gasteiger partial charge in [-0.05, 0) is 50.6 Å². The largest absolute Gasteiger partial charge is 0.492 e. The molecule has 0 saturated heterocycles. The number of hydrogen-bond acceptors (Lipinski definition) is 4. The number of nitrogens with one attached hydrogen (secondary N) is 2. The van der Waals surface area contributed by atoms with Gasteiger partial charge in [0.25, 0.3) is 5.91 Å². The van der Waals surface area contributed by atoms with Gasteiger partial charge in [0.1, 0.15) is 18.1 Å². The quantitative estimate of drug-likeness (QED) is 0.697. The molecule has 6 nitrogen and oxygen atoms in total. The van der Waals surface area contributed by atoms with Gasteiger partial charge in [-0.1, -0.05) is 0 Å². The molecule has 0 atom stereocenters. The Balaban J connectivity index is 0.00000288. The fourth-order valence-electron chi connectivity index (χ4n) is 2.51. The molecule has 2 rings (SSSR count). The topological polar surface area (TPSA) is 97.2 Å². The summed E-state index contributed by atoms with van der Waals surface area (Å²) in [5.74, 6) is 0.352. The first-order valence-electron chi connectivity index (χ1n) is 7.38. The van der Waals surface area contributed by atoms with Crippen LogP contribution in [0.4, 0.5) is 5.69 Å². The lowest BCUT2D eigenvalue weighted by Gasteiger charge is -2.07. The average Bonchev–Trinajstić information content (AvgIpc) is 2.81. The third-order valence-corrected chi connectivity index (χ3v) is 3.52. The predicted molar refractivity (Wildman–Crippen MR) is 96.5 cm³/mol. The van der Waals surface area contributed by atoms with Crippen molar-refractivity contribution in [2.75, 3.05) is 18.5 Å². The molecule has 0 radical (unpaired) electrons. The molecule has 0 saturated carbocycles. The molecule has 0 fully saturated rings. The van der Waals surface area contributed by atoms with E-state index in [1.807, 2.05) is 0 Å². The van der Waals surface area contributed by atoms with Crippen molar-refractivity contribution in [3.05, 3.63) is 46.8 Å². The highest BCUT2D eigenvalue weighted by Gasteiger charge is 2.19. The number of amides is 1. The molecule has 1 heterocycles. The standard InChI is InChI=1S/C17H21N3O3.ClH/c1-10-15(12(3)21)11(2)19-16(10)17(22)20-13-4-6-14(7-5-13)23-9-8-18;/h4-7,19H,8-9,18H2,1-3H3,(H,20,22);1H. The Morgan fingerprint density at radius 3 is 2.33 bits per heavy atom. The Morgan fingerprint density at radius 1 is 1.21 bits per heavy atom. The number of carbonyl (C=O) groups is 2. The van der Waals surface area contributed by atoms with Crippen LogP contribution in [0.3, 0.4) is 0 Å². The summed E-state index contributed by atoms with van der Waals surface area (Å²) in [5, 5.41) is 2.80. The number of halogens is 1. The summed E-state index contributed by atoms with van der Waals surface area (Å²) in [4.78, 5) is 27.0. The van der Waals surface area contributed by atoms with Crippen LogP contribution in [0.2, 0.25) is 0 Å². The van der Waals surface area contributed by atoms with Crippen LogP contribution in [0.1, 0.15) is 39.0 Å². The SMILES string of the molecule is CC(=O)c1c(C)[nH]c(C(=O)Nc2ccc(OCCN)cc2)c1C.Cl. The lowest BCUT2D eigenvalue weighted by atomic mass is 10.1. The van der Waals surface area contributed by atoms with Gasteiger partial charge in [0.2, 0.25) is 0 Å². The van der Waals surface area contributed by atoms with Crippen LogP contribution in [0.15, 0.2) is 24.3 Å². The normalized spacial score (nSPS) is 10.0. The maximum absolute atomic E-state index is 12.4. The van der Waals surface area contributed by atoms with E-state index in [9.17, 15) is 9.59 Å². The summed E-state index contributed by atoms with van der Waals surface area (Å²) < 4.78 is 5.38. The van der Waals surface area contributed by atoms with Crippen molar-refractivity contribution < 1.29 is 14.3 Å². The Morgan fingerprint density at radius 2 is 1.83 bits per heavy atom. The second-order valence-electron chi connectivity index (χ2n) is 5.30. The number of ether oxygens (including phenoxy) is 1. The number of nitrogens with two attached hydrogens (primary N) is 1. The van der Waals surface area contributed by atoms with Crippen molar-refractivity contribution >= 4 is 29.8 Å². The molecule has 24 heavy (non-hydrogen) atoms. The van der Waals surface area contributed by atoms with E-state index in [-0.39, 0.29) is 24.1 Å². The van der Waals surface area contributed by atoms with Crippen LogP contribution in [-0.2, 0) is 0 Å². The average molecular weight is 352 g/mol. The third kappa shape index (κ3) is 4.37. The highest BCUT2D eigenvalue weighted by molar-refractivity contribution is 6.07. The second-order valence-corrected chi connectivity index (χ2v) is 5.30. The van der Waals surface area contributed by atoms with Crippen LogP contribution in [0.5, 0.6) is 5.75 Å². The first-order valence-corrected chi connectivity index (χ1v) is 7.38. The van der Waals surface area contributed by atoms with E-state index >= 15 is 0 Å². The van der Waals surface area contributed by atoms with E-state index in [0.29, 0.717) is 47.1 Å². The minimum absolute atomic E-state index is 0. The highest BCUT2D eigenvalue weighted by Crippen LogP contribution is 2.21. The maximum atomic E-state index is 12.4. The summed E-state index contributed by atoms with van der Waals surface area (Å²) in [6, 6.07) is 7.03. The minimum atomic E-state index is -0.284. The van der Waals surface area contributed by atoms with Crippen molar-refractivity contribution in [1.29, 1.82) is 0 Å². The van der Waals surface area contributed by atoms with Crippen molar-refractivity contribution in [3.63, 3.8) is 0 Å². The number of benzene rings is 1. The summed E-state index contributed by atoms with van der Waals surface area (Å²) in [5.41, 5.74) is 8.35. The number of rotatable bonds is 6. The van der Waals surface area contributed by atoms with Gasteiger partial charge in [0.05, 0.1) is 0 Å². The summed E-state index contributed by atoms with van der Waals surface area (Å²) in [6.45, 7) is 5.93. The Labute approximate surface area is 147 Å². The molecule has 0 aliphatic rings. The van der Waals surface area contributed by atoms with Crippen LogP contribution in [0, 0.1) is 13.8 Å². The van der Waals surface area contributed by atoms with Gasteiger partial charge in [0, 0.05) is 23.5 Å². The Bertz CT molecular complexity index is 723. The van der Waals surface area contributed by atoms with E-state index in [1.165, 1.54) is 6.92 Å². The molecule has 1 aromatic heterocycles. The highest BCUT2D eigenvalue weighted by atomic mass is 35.5. The second kappa shape index (κ2) is 8.52. The lowest BCUT2D eigenvalue weighted by Crippen LogP contribution is -2.14. The Kier molecular flexibility index (Phi) is 7.00. The maximum Gasteiger partial charge on any atom is 0.272 e. The van der Waals surface area contributed by atoms with Crippen LogP contribution < -0.4 is 15.8 Å². The van der Waals surface area contributed by atoms with Gasteiger partial charge in [-0.15, -0.1) is 12.4 Å². The number of aromatic nitrogens is 1. The third-order valence-electron chi connectivity index (χ3n) is 3.52. The number of H-pyrrole nitrogens is 1. The number of hydrogen-bond donors (Lipinski definition) is 3. The summed E-state index contributed by atoms with van der Waals surface area (Å²) in [7, 11) is 0. The molecule has 1 amide bonds. The first-order chi connectivity index (χ1) is 10.9. The van der Waals surface area contributed by atoms with Crippen LogP contribution in [0.25, 0.3) is 0 Å². The van der Waals surface area contributed by atoms with E-state index in [4.69, 9.17) is 10.5 Å². The van der Waals surface area contributed by atoms with Crippen molar-refractivity contribution in [1.82, 2.24) is 4.98 Å². The van der Waals surface area contributed by atoms with Crippen molar-refractivity contribution in [2.45, 2.75) is 20.8 Å². The molecule has 130 valence electrons. The molecule has 0 unspecified atom stereocenters. The molecule has 0 aliphatic carbocycles.